The topological polar surface area (TPSA) is 41.7 Å². The number of likely N-dealkylation sites (tertiary alicyclic amines) is 1. The maximum atomic E-state index is 6.35. The van der Waals surface area contributed by atoms with Crippen LogP contribution in [-0.2, 0) is 4.74 Å². The standard InChI is InChI=1S/C16H33N3O/c1-14(2)11-16(12-17,15(3,4)20-14)19(6)13-8-7-9-18(5)10-13/h13H,7-12,17H2,1-6H3. The van der Waals surface area contributed by atoms with E-state index in [1.807, 2.05) is 0 Å². The van der Waals surface area contributed by atoms with Gasteiger partial charge in [0.1, 0.15) is 0 Å². The highest BCUT2D eigenvalue weighted by Crippen LogP contribution is 2.48. The minimum atomic E-state index is -0.212. The van der Waals surface area contributed by atoms with Crippen molar-refractivity contribution in [3.8, 4) is 0 Å². The van der Waals surface area contributed by atoms with Gasteiger partial charge in [-0.3, -0.25) is 4.90 Å². The van der Waals surface area contributed by atoms with Gasteiger partial charge in [0.15, 0.2) is 0 Å². The maximum absolute atomic E-state index is 6.35. The predicted molar refractivity (Wildman–Crippen MR) is 83.9 cm³/mol. The summed E-state index contributed by atoms with van der Waals surface area (Å²) in [7, 11) is 4.47. The zero-order valence-corrected chi connectivity index (χ0v) is 14.2. The number of hydrogen-bond donors (Lipinski definition) is 1. The van der Waals surface area contributed by atoms with Gasteiger partial charge in [0, 0.05) is 19.1 Å². The second kappa shape index (κ2) is 5.24. The molecule has 2 N–H and O–H groups in total. The van der Waals surface area contributed by atoms with Crippen molar-refractivity contribution in [3.63, 3.8) is 0 Å². The fraction of sp³-hybridized carbons (Fsp3) is 1.00. The molecule has 20 heavy (non-hydrogen) atoms. The van der Waals surface area contributed by atoms with Crippen molar-refractivity contribution in [1.82, 2.24) is 9.80 Å². The van der Waals surface area contributed by atoms with Crippen LogP contribution in [0.4, 0.5) is 0 Å². The normalized spacial score (nSPS) is 37.5. The van der Waals surface area contributed by atoms with Crippen LogP contribution in [0.5, 0.6) is 0 Å². The van der Waals surface area contributed by atoms with Gasteiger partial charge in [0.25, 0.3) is 0 Å². The van der Waals surface area contributed by atoms with Crippen molar-refractivity contribution in [1.29, 1.82) is 0 Å². The molecule has 2 saturated heterocycles. The van der Waals surface area contributed by atoms with Crippen molar-refractivity contribution < 1.29 is 4.74 Å². The number of hydrogen-bond acceptors (Lipinski definition) is 4. The fourth-order valence-electron chi connectivity index (χ4n) is 4.56. The summed E-state index contributed by atoms with van der Waals surface area (Å²) in [5, 5.41) is 0. The van der Waals surface area contributed by atoms with Crippen LogP contribution in [0.15, 0.2) is 0 Å². The van der Waals surface area contributed by atoms with E-state index in [2.05, 4.69) is 51.6 Å². The lowest BCUT2D eigenvalue weighted by Crippen LogP contribution is -2.66. The maximum Gasteiger partial charge on any atom is 0.0830 e. The molecule has 2 atom stereocenters. The Morgan fingerprint density at radius 1 is 1.30 bits per heavy atom. The first-order valence-electron chi connectivity index (χ1n) is 7.95. The van der Waals surface area contributed by atoms with Gasteiger partial charge in [-0.25, -0.2) is 0 Å². The number of nitrogens with two attached hydrogens (primary N) is 1. The second-order valence-electron chi connectivity index (χ2n) is 7.95. The third-order valence-electron chi connectivity index (χ3n) is 5.53. The van der Waals surface area contributed by atoms with E-state index < -0.39 is 0 Å². The Morgan fingerprint density at radius 2 is 1.95 bits per heavy atom. The smallest absolute Gasteiger partial charge is 0.0830 e. The minimum absolute atomic E-state index is 0.0701. The number of likely N-dealkylation sites (N-methyl/N-ethyl adjacent to an activating group) is 2. The van der Waals surface area contributed by atoms with Crippen molar-refractivity contribution in [2.75, 3.05) is 33.7 Å². The van der Waals surface area contributed by atoms with Gasteiger partial charge < -0.3 is 15.4 Å². The van der Waals surface area contributed by atoms with Gasteiger partial charge in [0.05, 0.1) is 16.7 Å². The largest absolute Gasteiger partial charge is 0.368 e. The third-order valence-corrected chi connectivity index (χ3v) is 5.53. The van der Waals surface area contributed by atoms with Crippen LogP contribution in [0.1, 0.15) is 47.0 Å². The molecule has 0 radical (unpaired) electrons. The van der Waals surface area contributed by atoms with Crippen LogP contribution >= 0.6 is 0 Å². The SMILES string of the molecule is CN1CCCC(N(C)C2(CN)CC(C)(C)OC2(C)C)C1. The summed E-state index contributed by atoms with van der Waals surface area (Å²) < 4.78 is 6.35. The van der Waals surface area contributed by atoms with Crippen LogP contribution < -0.4 is 5.73 Å². The lowest BCUT2D eigenvalue weighted by molar-refractivity contribution is -0.109. The van der Waals surface area contributed by atoms with Crippen molar-refractivity contribution >= 4 is 0 Å². The van der Waals surface area contributed by atoms with E-state index in [1.165, 1.54) is 19.4 Å². The van der Waals surface area contributed by atoms with E-state index in [1.54, 1.807) is 0 Å². The first-order valence-corrected chi connectivity index (χ1v) is 7.95. The van der Waals surface area contributed by atoms with Gasteiger partial charge in [0.2, 0.25) is 0 Å². The molecule has 2 aliphatic heterocycles. The molecular weight excluding hydrogens is 250 g/mol. The Kier molecular flexibility index (Phi) is 4.25. The first-order chi connectivity index (χ1) is 9.13. The van der Waals surface area contributed by atoms with Crippen LogP contribution in [0.25, 0.3) is 0 Å². The summed E-state index contributed by atoms with van der Waals surface area (Å²) in [6.07, 6.45) is 3.54. The molecular formula is C16H33N3O. The zero-order valence-electron chi connectivity index (χ0n) is 14.2. The Labute approximate surface area is 124 Å². The van der Waals surface area contributed by atoms with E-state index in [4.69, 9.17) is 10.5 Å². The van der Waals surface area contributed by atoms with Crippen molar-refractivity contribution in [3.05, 3.63) is 0 Å². The minimum Gasteiger partial charge on any atom is -0.368 e. The molecule has 0 aromatic heterocycles. The molecule has 0 aromatic rings. The summed E-state index contributed by atoms with van der Waals surface area (Å²) in [6.45, 7) is 11.8. The van der Waals surface area contributed by atoms with Crippen LogP contribution in [0.3, 0.4) is 0 Å². The van der Waals surface area contributed by atoms with E-state index in [0.29, 0.717) is 12.6 Å². The lowest BCUT2D eigenvalue weighted by Gasteiger charge is -2.51. The molecule has 0 spiro atoms. The Balaban J connectivity index is 2.26. The number of piperidine rings is 1. The molecule has 0 aromatic carbocycles. The molecule has 2 rings (SSSR count). The van der Waals surface area contributed by atoms with E-state index >= 15 is 0 Å². The molecule has 4 nitrogen and oxygen atoms in total. The quantitative estimate of drug-likeness (QED) is 0.856. The van der Waals surface area contributed by atoms with Gasteiger partial charge in [-0.05, 0) is 67.6 Å². The summed E-state index contributed by atoms with van der Waals surface area (Å²) in [4.78, 5) is 4.97. The molecule has 0 saturated carbocycles. The predicted octanol–water partition coefficient (Wildman–Crippen LogP) is 1.69. The number of ether oxygens (including phenoxy) is 1. The van der Waals surface area contributed by atoms with E-state index in [9.17, 15) is 0 Å². The summed E-state index contributed by atoms with van der Waals surface area (Å²) >= 11 is 0. The molecule has 0 bridgehead atoms. The average molecular weight is 283 g/mol. The highest BCUT2D eigenvalue weighted by atomic mass is 16.5. The number of nitrogens with zero attached hydrogens (tertiary/aromatic N) is 2. The molecule has 118 valence electrons. The monoisotopic (exact) mass is 283 g/mol. The van der Waals surface area contributed by atoms with Crippen LogP contribution in [-0.4, -0.2) is 66.3 Å². The van der Waals surface area contributed by atoms with Crippen molar-refractivity contribution in [2.24, 2.45) is 5.73 Å². The van der Waals surface area contributed by atoms with Gasteiger partial charge in [-0.15, -0.1) is 0 Å². The van der Waals surface area contributed by atoms with Crippen LogP contribution in [0, 0.1) is 0 Å². The summed E-state index contributed by atoms with van der Waals surface area (Å²) in [5.74, 6) is 0. The summed E-state index contributed by atoms with van der Waals surface area (Å²) in [6, 6.07) is 0.578. The lowest BCUT2D eigenvalue weighted by atomic mass is 9.76. The van der Waals surface area contributed by atoms with Gasteiger partial charge >= 0.3 is 0 Å². The zero-order chi connectivity index (χ0) is 15.2. The van der Waals surface area contributed by atoms with Gasteiger partial charge in [-0.1, -0.05) is 0 Å². The summed E-state index contributed by atoms with van der Waals surface area (Å²) in [5.41, 5.74) is 5.89. The molecule has 2 fully saturated rings. The molecule has 0 aliphatic carbocycles. The van der Waals surface area contributed by atoms with E-state index in [0.717, 1.165) is 13.0 Å². The van der Waals surface area contributed by atoms with E-state index in [-0.39, 0.29) is 16.7 Å². The molecule has 0 amide bonds. The molecule has 2 unspecified atom stereocenters. The highest BCUT2D eigenvalue weighted by molar-refractivity contribution is 5.13. The molecule has 4 heteroatoms. The number of rotatable bonds is 3. The fourth-order valence-corrected chi connectivity index (χ4v) is 4.56. The second-order valence-corrected chi connectivity index (χ2v) is 7.95. The first kappa shape index (κ1) is 16.2. The molecule has 2 heterocycles. The Bertz CT molecular complexity index is 356. The van der Waals surface area contributed by atoms with Crippen LogP contribution in [0.2, 0.25) is 0 Å². The molecule has 2 aliphatic rings. The highest BCUT2D eigenvalue weighted by Gasteiger charge is 2.59. The Morgan fingerprint density at radius 3 is 2.40 bits per heavy atom. The average Bonchev–Trinajstić information content (AvgIpc) is 2.53. The van der Waals surface area contributed by atoms with Gasteiger partial charge in [-0.2, -0.15) is 0 Å². The Hall–Kier alpha value is -0.160. The van der Waals surface area contributed by atoms with Crippen molar-refractivity contribution in [2.45, 2.75) is 69.7 Å². The third kappa shape index (κ3) is 2.63.